The van der Waals surface area contributed by atoms with Gasteiger partial charge in [-0.05, 0) is 85.0 Å². The Morgan fingerprint density at radius 3 is 2.34 bits per heavy atom. The first-order valence-electron chi connectivity index (χ1n) is 15.1. The fourth-order valence-electron chi connectivity index (χ4n) is 6.49. The van der Waals surface area contributed by atoms with Gasteiger partial charge in [0.15, 0.2) is 0 Å². The summed E-state index contributed by atoms with van der Waals surface area (Å²) in [5, 5.41) is 18.6. The molecule has 5 rings (SSSR count). The number of nitrogens with one attached hydrogen (secondary N) is 2. The minimum Gasteiger partial charge on any atom is -0.382 e. The first-order valence-corrected chi connectivity index (χ1v) is 15.1. The number of anilines is 2. The van der Waals surface area contributed by atoms with E-state index in [-0.39, 0.29) is 22.8 Å². The van der Waals surface area contributed by atoms with Gasteiger partial charge in [0.2, 0.25) is 0 Å². The van der Waals surface area contributed by atoms with Crippen molar-refractivity contribution in [2.24, 2.45) is 5.92 Å². The predicted molar refractivity (Wildman–Crippen MR) is 165 cm³/mol. The quantitative estimate of drug-likeness (QED) is 0.259. The summed E-state index contributed by atoms with van der Waals surface area (Å²) >= 11 is 0. The third kappa shape index (κ3) is 6.59. The molecule has 3 N–H and O–H groups in total. The van der Waals surface area contributed by atoms with Gasteiger partial charge in [0, 0.05) is 29.9 Å². The summed E-state index contributed by atoms with van der Waals surface area (Å²) in [5.74, 6) is -1.12. The molecule has 0 bridgehead atoms. The maximum atomic E-state index is 15.0. The Balaban J connectivity index is 1.46. The van der Waals surface area contributed by atoms with E-state index < -0.39 is 18.1 Å². The van der Waals surface area contributed by atoms with Crippen molar-refractivity contribution in [2.75, 3.05) is 17.2 Å². The van der Waals surface area contributed by atoms with Gasteiger partial charge in [-0.1, -0.05) is 70.0 Å². The van der Waals surface area contributed by atoms with Crippen molar-refractivity contribution in [3.8, 4) is 0 Å². The zero-order valence-electron chi connectivity index (χ0n) is 24.8. The highest BCUT2D eigenvalue weighted by atomic mass is 19.1. The van der Waals surface area contributed by atoms with Crippen LogP contribution in [0.25, 0.3) is 0 Å². The normalized spacial score (nSPS) is 20.6. The van der Waals surface area contributed by atoms with Gasteiger partial charge in [-0.3, -0.25) is 4.79 Å². The summed E-state index contributed by atoms with van der Waals surface area (Å²) in [5.41, 5.74) is 4.72. The van der Waals surface area contributed by atoms with Crippen molar-refractivity contribution in [1.29, 1.82) is 0 Å². The lowest BCUT2D eigenvalue weighted by Gasteiger charge is -2.44. The zero-order valence-corrected chi connectivity index (χ0v) is 24.8. The number of rotatable bonds is 7. The molecule has 1 saturated carbocycles. The SMILES string of the molecule is Cc1cccc(F)c1C(=O)N1CCCC([C@@H](O)Nc2cccc(C(C)(C)C)c2)C1c1ccc(NC2CCCC2)cc1. The van der Waals surface area contributed by atoms with E-state index in [4.69, 9.17) is 0 Å². The van der Waals surface area contributed by atoms with E-state index in [1.165, 1.54) is 37.3 Å². The van der Waals surface area contributed by atoms with Gasteiger partial charge in [-0.25, -0.2) is 4.39 Å². The molecule has 1 amide bonds. The molecule has 2 aliphatic rings. The lowest BCUT2D eigenvalue weighted by Crippen LogP contribution is -2.48. The molecule has 1 heterocycles. The van der Waals surface area contributed by atoms with Gasteiger partial charge in [-0.15, -0.1) is 0 Å². The van der Waals surface area contributed by atoms with Crippen molar-refractivity contribution in [1.82, 2.24) is 4.90 Å². The van der Waals surface area contributed by atoms with E-state index >= 15 is 0 Å². The Labute approximate surface area is 244 Å². The van der Waals surface area contributed by atoms with Gasteiger partial charge in [-0.2, -0.15) is 0 Å². The molecule has 1 aliphatic carbocycles. The van der Waals surface area contributed by atoms with E-state index in [2.05, 4.69) is 67.8 Å². The number of aryl methyl sites for hydroxylation is 1. The van der Waals surface area contributed by atoms with Crippen LogP contribution in [0, 0.1) is 18.7 Å². The average Bonchev–Trinajstić information content (AvgIpc) is 3.46. The number of amides is 1. The number of hydrogen-bond acceptors (Lipinski definition) is 4. The van der Waals surface area contributed by atoms with E-state index in [0.717, 1.165) is 29.8 Å². The molecule has 0 spiro atoms. The van der Waals surface area contributed by atoms with Crippen LogP contribution in [0.1, 0.15) is 92.4 Å². The first kappa shape index (κ1) is 29.1. The number of nitrogens with zero attached hydrogens (tertiary/aromatic N) is 1. The summed E-state index contributed by atoms with van der Waals surface area (Å²) in [7, 11) is 0. The number of aliphatic hydroxyl groups is 1. The highest BCUT2D eigenvalue weighted by Crippen LogP contribution is 2.40. The van der Waals surface area contributed by atoms with Crippen molar-refractivity contribution in [2.45, 2.75) is 89.9 Å². The van der Waals surface area contributed by atoms with Crippen LogP contribution in [0.4, 0.5) is 15.8 Å². The molecule has 3 aromatic carbocycles. The molecule has 218 valence electrons. The molecular weight excluding hydrogens is 513 g/mol. The fourth-order valence-corrected chi connectivity index (χ4v) is 6.49. The number of carbonyl (C=O) groups excluding carboxylic acids is 1. The molecule has 6 heteroatoms. The second kappa shape index (κ2) is 12.2. The molecule has 1 saturated heterocycles. The van der Waals surface area contributed by atoms with E-state index in [0.29, 0.717) is 18.2 Å². The molecule has 41 heavy (non-hydrogen) atoms. The lowest BCUT2D eigenvalue weighted by atomic mass is 9.82. The minimum absolute atomic E-state index is 0.0227. The Bertz CT molecular complexity index is 1320. The average molecular weight is 558 g/mol. The molecule has 3 atom stereocenters. The summed E-state index contributed by atoms with van der Waals surface area (Å²) < 4.78 is 15.0. The second-order valence-corrected chi connectivity index (χ2v) is 12.8. The standard InChI is InChI=1S/C35H44FN3O2/c1-23-10-7-16-30(36)31(23)34(41)39-21-9-15-29(33(40)38-28-14-8-11-25(22-28)35(2,3)4)32(39)24-17-19-27(20-18-24)37-26-12-5-6-13-26/h7-8,10-11,14,16-20,22,26,29,32-33,37-38,40H,5-6,9,12-13,15,21H2,1-4H3/t29?,32?,33-/m1/s1. The van der Waals surface area contributed by atoms with Crippen LogP contribution in [0.15, 0.2) is 66.7 Å². The number of hydrogen-bond donors (Lipinski definition) is 3. The predicted octanol–water partition coefficient (Wildman–Crippen LogP) is 7.81. The number of benzene rings is 3. The van der Waals surface area contributed by atoms with Gasteiger partial charge >= 0.3 is 0 Å². The molecule has 0 aromatic heterocycles. The lowest BCUT2D eigenvalue weighted by molar-refractivity contribution is 0.0158. The third-order valence-corrected chi connectivity index (χ3v) is 8.80. The highest BCUT2D eigenvalue weighted by molar-refractivity contribution is 5.96. The highest BCUT2D eigenvalue weighted by Gasteiger charge is 2.40. The van der Waals surface area contributed by atoms with Crippen molar-refractivity contribution in [3.05, 3.63) is 94.8 Å². The summed E-state index contributed by atoms with van der Waals surface area (Å²) in [4.78, 5) is 15.7. The summed E-state index contributed by atoms with van der Waals surface area (Å²) in [6.07, 6.45) is 5.45. The van der Waals surface area contributed by atoms with Crippen LogP contribution >= 0.6 is 0 Å². The van der Waals surface area contributed by atoms with Crippen molar-refractivity contribution in [3.63, 3.8) is 0 Å². The number of aliphatic hydroxyl groups excluding tert-OH is 1. The first-order chi connectivity index (χ1) is 19.6. The van der Waals surface area contributed by atoms with Crippen LogP contribution in [-0.2, 0) is 5.41 Å². The Morgan fingerprint density at radius 1 is 0.951 bits per heavy atom. The molecule has 2 unspecified atom stereocenters. The molecular formula is C35H44FN3O2. The van der Waals surface area contributed by atoms with Crippen LogP contribution in [-0.4, -0.2) is 34.7 Å². The topological polar surface area (TPSA) is 64.6 Å². The Kier molecular flexibility index (Phi) is 8.69. The van der Waals surface area contributed by atoms with Crippen molar-refractivity contribution >= 4 is 17.3 Å². The van der Waals surface area contributed by atoms with E-state index in [1.807, 2.05) is 12.1 Å². The van der Waals surface area contributed by atoms with Crippen LogP contribution < -0.4 is 10.6 Å². The molecule has 2 fully saturated rings. The maximum Gasteiger partial charge on any atom is 0.257 e. The third-order valence-electron chi connectivity index (χ3n) is 8.80. The molecule has 0 radical (unpaired) electrons. The van der Waals surface area contributed by atoms with Gasteiger partial charge in [0.1, 0.15) is 12.0 Å². The summed E-state index contributed by atoms with van der Waals surface area (Å²) in [6.45, 7) is 8.77. The number of likely N-dealkylation sites (tertiary alicyclic amines) is 1. The number of halogens is 1. The largest absolute Gasteiger partial charge is 0.382 e. The van der Waals surface area contributed by atoms with Crippen LogP contribution in [0.3, 0.4) is 0 Å². The van der Waals surface area contributed by atoms with Gasteiger partial charge in [0.25, 0.3) is 5.91 Å². The Morgan fingerprint density at radius 2 is 1.66 bits per heavy atom. The summed E-state index contributed by atoms with van der Waals surface area (Å²) in [6, 6.07) is 21.2. The molecule has 3 aromatic rings. The fraction of sp³-hybridized carbons (Fsp3) is 0.457. The number of carbonyl (C=O) groups is 1. The van der Waals surface area contributed by atoms with Crippen molar-refractivity contribution < 1.29 is 14.3 Å². The number of piperidine rings is 1. The minimum atomic E-state index is -0.899. The smallest absolute Gasteiger partial charge is 0.257 e. The monoisotopic (exact) mass is 557 g/mol. The van der Waals surface area contributed by atoms with Crippen LogP contribution in [0.5, 0.6) is 0 Å². The van der Waals surface area contributed by atoms with Crippen LogP contribution in [0.2, 0.25) is 0 Å². The second-order valence-electron chi connectivity index (χ2n) is 12.8. The molecule has 1 aliphatic heterocycles. The Hall–Kier alpha value is -3.38. The molecule has 5 nitrogen and oxygen atoms in total. The zero-order chi connectivity index (χ0) is 29.1. The van der Waals surface area contributed by atoms with E-state index in [9.17, 15) is 14.3 Å². The maximum absolute atomic E-state index is 15.0. The van der Waals surface area contributed by atoms with Gasteiger partial charge in [0.05, 0.1) is 11.6 Å². The van der Waals surface area contributed by atoms with Gasteiger partial charge < -0.3 is 20.6 Å². The van der Waals surface area contributed by atoms with E-state index in [1.54, 1.807) is 24.0 Å².